The topological polar surface area (TPSA) is 30.5 Å². The molecule has 0 unspecified atom stereocenters. The van der Waals surface area contributed by atoms with E-state index in [2.05, 4.69) is 21.2 Å². The molecule has 5 heteroatoms. The fraction of sp³-hybridized carbons (Fsp3) is 0.400. The summed E-state index contributed by atoms with van der Waals surface area (Å²) >= 11 is 3.61. The monoisotopic (exact) mass is 407 g/mol. The maximum atomic E-state index is 13.7. The Kier molecular flexibility index (Phi) is 6.32. The molecule has 0 spiro atoms. The second-order valence-corrected chi connectivity index (χ2v) is 7.19. The van der Waals surface area contributed by atoms with Gasteiger partial charge in [-0.3, -0.25) is 0 Å². The molecule has 0 radical (unpaired) electrons. The highest BCUT2D eigenvalue weighted by atomic mass is 79.9. The standard InChI is InChI=1S/C20H23BrFNO2/c1-24-19-10-15(12-23-16-7-3-4-8-16)17(21)11-20(19)25-13-14-6-2-5-9-18(14)22/h2,5-6,9-11,16,23H,3-4,7-8,12-13H2,1H3. The van der Waals surface area contributed by atoms with Crippen LogP contribution >= 0.6 is 15.9 Å². The van der Waals surface area contributed by atoms with Crippen molar-refractivity contribution in [2.24, 2.45) is 0 Å². The van der Waals surface area contributed by atoms with Crippen molar-refractivity contribution in [3.8, 4) is 11.5 Å². The minimum Gasteiger partial charge on any atom is -0.493 e. The van der Waals surface area contributed by atoms with Gasteiger partial charge in [-0.1, -0.05) is 47.0 Å². The van der Waals surface area contributed by atoms with Gasteiger partial charge < -0.3 is 14.8 Å². The largest absolute Gasteiger partial charge is 0.493 e. The highest BCUT2D eigenvalue weighted by molar-refractivity contribution is 9.10. The molecule has 0 heterocycles. The van der Waals surface area contributed by atoms with Crippen LogP contribution in [0.25, 0.3) is 0 Å². The molecule has 2 aromatic carbocycles. The van der Waals surface area contributed by atoms with Crippen LogP contribution < -0.4 is 14.8 Å². The molecular formula is C20H23BrFNO2. The van der Waals surface area contributed by atoms with E-state index in [9.17, 15) is 4.39 Å². The number of benzene rings is 2. The number of halogens is 2. The maximum absolute atomic E-state index is 13.7. The first-order chi connectivity index (χ1) is 12.2. The van der Waals surface area contributed by atoms with E-state index in [1.54, 1.807) is 25.3 Å². The van der Waals surface area contributed by atoms with Gasteiger partial charge in [0.05, 0.1) is 7.11 Å². The smallest absolute Gasteiger partial charge is 0.162 e. The van der Waals surface area contributed by atoms with Crippen molar-refractivity contribution in [2.45, 2.75) is 44.9 Å². The summed E-state index contributed by atoms with van der Waals surface area (Å²) in [4.78, 5) is 0. The van der Waals surface area contributed by atoms with Gasteiger partial charge in [-0.2, -0.15) is 0 Å². The van der Waals surface area contributed by atoms with Crippen LogP contribution in [0.5, 0.6) is 11.5 Å². The van der Waals surface area contributed by atoms with Crippen LogP contribution in [0, 0.1) is 5.82 Å². The summed E-state index contributed by atoms with van der Waals surface area (Å²) < 4.78 is 26.0. The van der Waals surface area contributed by atoms with Gasteiger partial charge in [-0.15, -0.1) is 0 Å². The van der Waals surface area contributed by atoms with Crippen molar-refractivity contribution in [3.05, 3.63) is 57.8 Å². The molecule has 0 aliphatic heterocycles. The van der Waals surface area contributed by atoms with Crippen LogP contribution in [-0.2, 0) is 13.2 Å². The zero-order valence-corrected chi connectivity index (χ0v) is 15.9. The molecule has 0 atom stereocenters. The normalized spacial score (nSPS) is 14.7. The van der Waals surface area contributed by atoms with Gasteiger partial charge >= 0.3 is 0 Å². The van der Waals surface area contributed by atoms with Crippen LogP contribution in [0.1, 0.15) is 36.8 Å². The third-order valence-corrected chi connectivity index (χ3v) is 5.35. The van der Waals surface area contributed by atoms with Crippen LogP contribution in [-0.4, -0.2) is 13.2 Å². The number of methoxy groups -OCH3 is 1. The lowest BCUT2D eigenvalue weighted by Crippen LogP contribution is -2.25. The minimum absolute atomic E-state index is 0.162. The van der Waals surface area contributed by atoms with E-state index in [4.69, 9.17) is 9.47 Å². The highest BCUT2D eigenvalue weighted by Crippen LogP contribution is 2.34. The second kappa shape index (κ2) is 8.68. The molecule has 1 saturated carbocycles. The van der Waals surface area contributed by atoms with Crippen molar-refractivity contribution in [1.29, 1.82) is 0 Å². The summed E-state index contributed by atoms with van der Waals surface area (Å²) in [5.74, 6) is 0.989. The lowest BCUT2D eigenvalue weighted by atomic mass is 10.1. The Labute approximate surface area is 156 Å². The zero-order valence-electron chi connectivity index (χ0n) is 14.4. The number of nitrogens with one attached hydrogen (secondary N) is 1. The summed E-state index contributed by atoms with van der Waals surface area (Å²) in [5, 5.41) is 3.60. The van der Waals surface area contributed by atoms with Crippen LogP contribution in [0.4, 0.5) is 4.39 Å². The summed E-state index contributed by atoms with van der Waals surface area (Å²) in [7, 11) is 1.62. The number of rotatable bonds is 7. The molecule has 3 rings (SSSR count). The summed E-state index contributed by atoms with van der Waals surface area (Å²) in [5.41, 5.74) is 1.65. The molecule has 25 heavy (non-hydrogen) atoms. The van der Waals surface area contributed by atoms with E-state index >= 15 is 0 Å². The Hall–Kier alpha value is -1.59. The average molecular weight is 408 g/mol. The third kappa shape index (κ3) is 4.73. The second-order valence-electron chi connectivity index (χ2n) is 6.34. The van der Waals surface area contributed by atoms with Gasteiger partial charge in [0.25, 0.3) is 0 Å². The van der Waals surface area contributed by atoms with Crippen molar-refractivity contribution in [2.75, 3.05) is 7.11 Å². The SMILES string of the molecule is COc1cc(CNC2CCCC2)c(Br)cc1OCc1ccccc1F. The fourth-order valence-corrected chi connectivity index (χ4v) is 3.60. The Morgan fingerprint density at radius 2 is 1.88 bits per heavy atom. The summed E-state index contributed by atoms with van der Waals surface area (Å²) in [6.07, 6.45) is 5.12. The minimum atomic E-state index is -0.266. The number of hydrogen-bond donors (Lipinski definition) is 1. The van der Waals surface area contributed by atoms with Gasteiger partial charge in [0.2, 0.25) is 0 Å². The first-order valence-electron chi connectivity index (χ1n) is 8.63. The highest BCUT2D eigenvalue weighted by Gasteiger charge is 2.16. The average Bonchev–Trinajstić information content (AvgIpc) is 3.13. The van der Waals surface area contributed by atoms with Crippen LogP contribution in [0.3, 0.4) is 0 Å². The molecule has 134 valence electrons. The molecule has 0 saturated heterocycles. The molecule has 1 N–H and O–H groups in total. The quantitative estimate of drug-likeness (QED) is 0.683. The van der Waals surface area contributed by atoms with E-state index in [1.165, 1.54) is 31.7 Å². The number of ether oxygens (including phenoxy) is 2. The zero-order chi connectivity index (χ0) is 17.6. The Balaban J connectivity index is 1.69. The molecule has 2 aromatic rings. The van der Waals surface area contributed by atoms with Crippen molar-refractivity contribution < 1.29 is 13.9 Å². The van der Waals surface area contributed by atoms with E-state index in [-0.39, 0.29) is 12.4 Å². The molecule has 0 amide bonds. The van der Waals surface area contributed by atoms with Gasteiger partial charge in [0.15, 0.2) is 11.5 Å². The van der Waals surface area contributed by atoms with Crippen LogP contribution in [0.15, 0.2) is 40.9 Å². The van der Waals surface area contributed by atoms with E-state index < -0.39 is 0 Å². The van der Waals surface area contributed by atoms with Gasteiger partial charge in [0, 0.05) is 22.6 Å². The predicted octanol–water partition coefficient (Wildman–Crippen LogP) is 5.21. The maximum Gasteiger partial charge on any atom is 0.162 e. The first kappa shape index (κ1) is 18.2. The Morgan fingerprint density at radius 1 is 1.12 bits per heavy atom. The first-order valence-corrected chi connectivity index (χ1v) is 9.42. The molecular weight excluding hydrogens is 385 g/mol. The molecule has 1 aliphatic carbocycles. The van der Waals surface area contributed by atoms with Crippen LogP contribution in [0.2, 0.25) is 0 Å². The Morgan fingerprint density at radius 3 is 2.60 bits per heavy atom. The van der Waals surface area contributed by atoms with Gasteiger partial charge in [-0.25, -0.2) is 4.39 Å². The molecule has 0 bridgehead atoms. The fourth-order valence-electron chi connectivity index (χ4n) is 3.14. The number of hydrogen-bond acceptors (Lipinski definition) is 3. The summed E-state index contributed by atoms with van der Waals surface area (Å²) in [6, 6.07) is 11.1. The van der Waals surface area contributed by atoms with Crippen molar-refractivity contribution in [1.82, 2.24) is 5.32 Å². The molecule has 0 aromatic heterocycles. The van der Waals surface area contributed by atoms with E-state index in [0.717, 1.165) is 16.6 Å². The van der Waals surface area contributed by atoms with Gasteiger partial charge in [0.1, 0.15) is 12.4 Å². The summed E-state index contributed by atoms with van der Waals surface area (Å²) in [6.45, 7) is 0.949. The van der Waals surface area contributed by atoms with Crippen molar-refractivity contribution >= 4 is 15.9 Å². The predicted molar refractivity (Wildman–Crippen MR) is 101 cm³/mol. The third-order valence-electron chi connectivity index (χ3n) is 4.61. The lowest BCUT2D eigenvalue weighted by molar-refractivity contribution is 0.279. The van der Waals surface area contributed by atoms with Crippen molar-refractivity contribution in [3.63, 3.8) is 0 Å². The molecule has 3 nitrogen and oxygen atoms in total. The van der Waals surface area contributed by atoms with E-state index in [1.807, 2.05) is 12.1 Å². The molecule has 1 fully saturated rings. The van der Waals surface area contributed by atoms with Gasteiger partial charge in [-0.05, 0) is 36.6 Å². The lowest BCUT2D eigenvalue weighted by Gasteiger charge is -2.16. The Bertz CT molecular complexity index is 717. The molecule has 1 aliphatic rings. The van der Waals surface area contributed by atoms with E-state index in [0.29, 0.717) is 23.1 Å².